The molecule has 1 saturated heterocycles. The van der Waals surface area contributed by atoms with Crippen LogP contribution in [0.25, 0.3) is 0 Å². The fourth-order valence-corrected chi connectivity index (χ4v) is 2.38. The van der Waals surface area contributed by atoms with Crippen molar-refractivity contribution in [2.24, 2.45) is 0 Å². The fraction of sp³-hybridized carbons (Fsp3) is 0.538. The first-order valence-electron chi connectivity index (χ1n) is 6.45. The van der Waals surface area contributed by atoms with Crippen LogP contribution in [0.5, 0.6) is 0 Å². The van der Waals surface area contributed by atoms with E-state index in [1.807, 2.05) is 0 Å². The average molecular weight is 302 g/mol. The second-order valence-corrected chi connectivity index (χ2v) is 5.33. The fourth-order valence-electron chi connectivity index (χ4n) is 2.38. The van der Waals surface area contributed by atoms with Crippen LogP contribution in [0.1, 0.15) is 24.6 Å². The second kappa shape index (κ2) is 5.58. The molecule has 1 aliphatic heterocycles. The first kappa shape index (κ1) is 16.2. The lowest BCUT2D eigenvalue weighted by atomic mass is 9.97. The summed E-state index contributed by atoms with van der Waals surface area (Å²) in [5.74, 6) is -5.30. The quantitative estimate of drug-likeness (QED) is 0.388. The van der Waals surface area contributed by atoms with Gasteiger partial charge in [-0.05, 0) is 24.7 Å². The molecule has 1 fully saturated rings. The van der Waals surface area contributed by atoms with E-state index in [1.165, 1.54) is 24.3 Å². The Morgan fingerprint density at radius 3 is 2.10 bits per heavy atom. The van der Waals surface area contributed by atoms with E-state index in [1.54, 1.807) is 0 Å². The van der Waals surface area contributed by atoms with E-state index in [0.717, 1.165) is 7.05 Å². The minimum absolute atomic E-state index is 0.245. The van der Waals surface area contributed by atoms with Crippen molar-refractivity contribution in [3.05, 3.63) is 35.6 Å². The van der Waals surface area contributed by atoms with E-state index >= 15 is 0 Å². The number of nitrogens with one attached hydrogen (secondary N) is 1. The predicted molar refractivity (Wildman–Crippen MR) is 69.6 cm³/mol. The van der Waals surface area contributed by atoms with E-state index in [9.17, 15) is 29.9 Å². The molecule has 1 atom stereocenters. The molecule has 2 rings (SSSR count). The van der Waals surface area contributed by atoms with Crippen LogP contribution in [0, 0.1) is 5.82 Å². The molecule has 0 aliphatic carbocycles. The summed E-state index contributed by atoms with van der Waals surface area (Å²) in [6.45, 7) is 0. The standard InChI is InChI=1S/C13H19FN2O5/c1-16-12(18,19)6-10(7-13(16,20)21)15-11(17)8-2-4-9(14)5-3-8/h2-5,10-11,15,17-21H,6-7H2,1H3. The van der Waals surface area contributed by atoms with E-state index in [2.05, 4.69) is 5.32 Å². The third kappa shape index (κ3) is 3.55. The molecule has 1 aliphatic rings. The molecule has 6 N–H and O–H groups in total. The van der Waals surface area contributed by atoms with Crippen LogP contribution in [0.15, 0.2) is 24.3 Å². The van der Waals surface area contributed by atoms with Gasteiger partial charge in [-0.25, -0.2) is 9.29 Å². The van der Waals surface area contributed by atoms with Gasteiger partial charge in [-0.2, -0.15) is 0 Å². The molecule has 8 heteroatoms. The summed E-state index contributed by atoms with van der Waals surface area (Å²) in [5.41, 5.74) is 0.373. The Hall–Kier alpha value is -1.13. The van der Waals surface area contributed by atoms with Crippen molar-refractivity contribution in [2.75, 3.05) is 7.05 Å². The van der Waals surface area contributed by atoms with Crippen molar-refractivity contribution in [1.29, 1.82) is 0 Å². The third-order valence-corrected chi connectivity index (χ3v) is 3.69. The molecule has 1 heterocycles. The van der Waals surface area contributed by atoms with Crippen LogP contribution in [-0.4, -0.2) is 55.3 Å². The van der Waals surface area contributed by atoms with Crippen LogP contribution in [0.4, 0.5) is 4.39 Å². The minimum atomic E-state index is -2.43. The number of hydrogen-bond donors (Lipinski definition) is 6. The monoisotopic (exact) mass is 302 g/mol. The smallest absolute Gasteiger partial charge is 0.230 e. The van der Waals surface area contributed by atoms with Gasteiger partial charge >= 0.3 is 0 Å². The topological polar surface area (TPSA) is 116 Å². The summed E-state index contributed by atoms with van der Waals surface area (Å²) in [4.78, 5) is 0.627. The van der Waals surface area contributed by atoms with Gasteiger partial charge in [0.2, 0.25) is 11.8 Å². The first-order chi connectivity index (χ1) is 9.62. The molecular formula is C13H19FN2O5. The van der Waals surface area contributed by atoms with Crippen molar-refractivity contribution < 1.29 is 29.9 Å². The molecule has 0 radical (unpaired) electrons. The zero-order valence-electron chi connectivity index (χ0n) is 11.4. The number of aliphatic hydroxyl groups excluding tert-OH is 1. The number of benzene rings is 1. The number of likely N-dealkylation sites (tertiary alicyclic amines) is 1. The highest BCUT2D eigenvalue weighted by Gasteiger charge is 2.50. The molecule has 0 bridgehead atoms. The highest BCUT2D eigenvalue weighted by atomic mass is 19.1. The lowest BCUT2D eigenvalue weighted by Crippen LogP contribution is -2.67. The van der Waals surface area contributed by atoms with Crippen molar-refractivity contribution >= 4 is 0 Å². The summed E-state index contributed by atoms with van der Waals surface area (Å²) < 4.78 is 12.8. The van der Waals surface area contributed by atoms with E-state index in [-0.39, 0.29) is 12.8 Å². The minimum Gasteiger partial charge on any atom is -0.374 e. The average Bonchev–Trinajstić information content (AvgIpc) is 2.36. The lowest BCUT2D eigenvalue weighted by Gasteiger charge is -2.48. The van der Waals surface area contributed by atoms with Crippen LogP contribution in [0.2, 0.25) is 0 Å². The maximum absolute atomic E-state index is 12.8. The predicted octanol–water partition coefficient (Wildman–Crippen LogP) is -1.22. The summed E-state index contributed by atoms with van der Waals surface area (Å²) in [6.07, 6.45) is -1.69. The van der Waals surface area contributed by atoms with Crippen molar-refractivity contribution in [1.82, 2.24) is 10.2 Å². The van der Waals surface area contributed by atoms with Crippen molar-refractivity contribution in [2.45, 2.75) is 36.9 Å². The number of nitrogens with zero attached hydrogens (tertiary/aromatic N) is 1. The molecule has 0 amide bonds. The molecule has 7 nitrogen and oxygen atoms in total. The molecule has 0 spiro atoms. The molecule has 118 valence electrons. The Balaban J connectivity index is 2.07. The Morgan fingerprint density at radius 1 is 1.14 bits per heavy atom. The van der Waals surface area contributed by atoms with Crippen LogP contribution in [-0.2, 0) is 0 Å². The number of halogens is 1. The number of piperidine rings is 1. The maximum Gasteiger partial charge on any atom is 0.230 e. The SMILES string of the molecule is CN1C(O)(O)CC(NC(O)c2ccc(F)cc2)CC1(O)O. The van der Waals surface area contributed by atoms with E-state index in [4.69, 9.17) is 0 Å². The molecule has 1 unspecified atom stereocenters. The van der Waals surface area contributed by atoms with Gasteiger partial charge in [-0.3, -0.25) is 5.32 Å². The van der Waals surface area contributed by atoms with Gasteiger partial charge in [0, 0.05) is 18.9 Å². The first-order valence-corrected chi connectivity index (χ1v) is 6.45. The van der Waals surface area contributed by atoms with Gasteiger partial charge in [0.25, 0.3) is 0 Å². The molecule has 0 saturated carbocycles. The number of hydrogen-bond acceptors (Lipinski definition) is 7. The lowest BCUT2D eigenvalue weighted by molar-refractivity contribution is -0.401. The Kier molecular flexibility index (Phi) is 4.31. The van der Waals surface area contributed by atoms with Crippen molar-refractivity contribution in [3.63, 3.8) is 0 Å². The van der Waals surface area contributed by atoms with Gasteiger partial charge in [0.05, 0.1) is 0 Å². The molecule has 1 aromatic rings. The van der Waals surface area contributed by atoms with Gasteiger partial charge in [0.15, 0.2) is 0 Å². The van der Waals surface area contributed by atoms with Gasteiger partial charge in [0.1, 0.15) is 12.0 Å². The number of aliphatic hydroxyl groups is 5. The van der Waals surface area contributed by atoms with E-state index in [0.29, 0.717) is 10.5 Å². The van der Waals surface area contributed by atoms with Gasteiger partial charge in [-0.15, -0.1) is 0 Å². The summed E-state index contributed by atoms with van der Waals surface area (Å²) in [6, 6.07) is 4.33. The van der Waals surface area contributed by atoms with Crippen molar-refractivity contribution in [3.8, 4) is 0 Å². The van der Waals surface area contributed by atoms with Crippen LogP contribution >= 0.6 is 0 Å². The molecule has 1 aromatic carbocycles. The van der Waals surface area contributed by atoms with E-state index < -0.39 is 29.9 Å². The Bertz CT molecular complexity index is 476. The summed E-state index contributed by atoms with van der Waals surface area (Å²) in [7, 11) is 1.16. The largest absolute Gasteiger partial charge is 0.374 e. The van der Waals surface area contributed by atoms with Gasteiger partial charge in [-0.1, -0.05) is 12.1 Å². The second-order valence-electron chi connectivity index (χ2n) is 5.33. The van der Waals surface area contributed by atoms with Crippen LogP contribution in [0.3, 0.4) is 0 Å². The summed E-state index contributed by atoms with van der Waals surface area (Å²) >= 11 is 0. The Morgan fingerprint density at radius 2 is 1.62 bits per heavy atom. The van der Waals surface area contributed by atoms with Crippen LogP contribution < -0.4 is 5.32 Å². The molecule has 21 heavy (non-hydrogen) atoms. The zero-order chi connectivity index (χ0) is 15.8. The van der Waals surface area contributed by atoms with Gasteiger partial charge < -0.3 is 25.5 Å². The molecule has 0 aromatic heterocycles. The Labute approximate surface area is 120 Å². The zero-order valence-corrected chi connectivity index (χ0v) is 11.4. The summed E-state index contributed by atoms with van der Waals surface area (Å²) in [5, 5.41) is 51.7. The normalized spacial score (nSPS) is 24.0. The number of rotatable bonds is 3. The highest BCUT2D eigenvalue weighted by Crippen LogP contribution is 2.32. The maximum atomic E-state index is 12.8. The highest BCUT2D eigenvalue weighted by molar-refractivity contribution is 5.18. The third-order valence-electron chi connectivity index (χ3n) is 3.69. The molecular weight excluding hydrogens is 283 g/mol.